The van der Waals surface area contributed by atoms with Crippen LogP contribution in [0.5, 0.6) is 11.5 Å². The molecule has 8 aromatic carbocycles. The molecule has 0 amide bonds. The highest BCUT2D eigenvalue weighted by molar-refractivity contribution is 6.13. The summed E-state index contributed by atoms with van der Waals surface area (Å²) < 4.78 is 13.3. The second-order valence-corrected chi connectivity index (χ2v) is 15.6. The summed E-state index contributed by atoms with van der Waals surface area (Å²) in [5, 5.41) is 2.18. The van der Waals surface area contributed by atoms with Crippen molar-refractivity contribution in [2.45, 2.75) is 24.7 Å². The molecule has 0 radical (unpaired) electrons. The van der Waals surface area contributed by atoms with E-state index >= 15 is 0 Å². The number of hydrogen-bond donors (Lipinski definition) is 0. The molecule has 0 bridgehead atoms. The summed E-state index contributed by atoms with van der Waals surface area (Å²) in [6.45, 7) is 4.68. The summed E-state index contributed by atoms with van der Waals surface area (Å²) in [6.07, 6.45) is 0. The molecule has 1 spiro atoms. The average Bonchev–Trinajstić information content (AvgIpc) is 3.83. The number of rotatable bonds is 3. The predicted octanol–water partition coefficient (Wildman–Crippen LogP) is 13.8. The van der Waals surface area contributed by atoms with E-state index in [2.05, 4.69) is 189 Å². The second-order valence-electron chi connectivity index (χ2n) is 15.6. The highest BCUT2D eigenvalue weighted by Gasteiger charge is 2.51. The first kappa shape index (κ1) is 30.6. The third-order valence-electron chi connectivity index (χ3n) is 12.5. The molecule has 55 heavy (non-hydrogen) atoms. The largest absolute Gasteiger partial charge is 0.457 e. The van der Waals surface area contributed by atoms with E-state index in [-0.39, 0.29) is 5.41 Å². The topological polar surface area (TPSA) is 25.6 Å². The first-order chi connectivity index (χ1) is 27.0. The Balaban J connectivity index is 1.17. The smallest absolute Gasteiger partial charge is 0.137 e. The number of anilines is 3. The summed E-state index contributed by atoms with van der Waals surface area (Å²) in [7, 11) is 0. The molecule has 2 heterocycles. The van der Waals surface area contributed by atoms with Crippen LogP contribution in [0.15, 0.2) is 180 Å². The lowest BCUT2D eigenvalue weighted by molar-refractivity contribution is 0.436. The first-order valence-corrected chi connectivity index (χ1v) is 19.1. The van der Waals surface area contributed by atoms with Gasteiger partial charge < -0.3 is 14.1 Å². The van der Waals surface area contributed by atoms with Gasteiger partial charge in [-0.15, -0.1) is 0 Å². The fourth-order valence-corrected chi connectivity index (χ4v) is 10.2. The van der Waals surface area contributed by atoms with Crippen molar-refractivity contribution in [2.24, 2.45) is 0 Å². The highest BCUT2D eigenvalue weighted by atomic mass is 16.5. The summed E-state index contributed by atoms with van der Waals surface area (Å²) in [5.41, 5.74) is 16.9. The van der Waals surface area contributed by atoms with Crippen LogP contribution in [-0.4, -0.2) is 0 Å². The highest BCUT2D eigenvalue weighted by Crippen LogP contribution is 2.63. The third kappa shape index (κ3) is 3.94. The van der Waals surface area contributed by atoms with Gasteiger partial charge in [0.15, 0.2) is 0 Å². The van der Waals surface area contributed by atoms with Crippen molar-refractivity contribution in [2.75, 3.05) is 4.90 Å². The molecule has 9 aromatic rings. The van der Waals surface area contributed by atoms with Crippen molar-refractivity contribution < 1.29 is 9.15 Å². The van der Waals surface area contributed by atoms with Crippen molar-refractivity contribution in [1.82, 2.24) is 0 Å². The Hall–Kier alpha value is -6.84. The van der Waals surface area contributed by atoms with Gasteiger partial charge in [-0.2, -0.15) is 0 Å². The van der Waals surface area contributed by atoms with E-state index in [1.807, 2.05) is 6.07 Å². The molecular formula is C52H35NO2. The minimum absolute atomic E-state index is 0.0950. The molecule has 12 rings (SSSR count). The number of furan rings is 1. The van der Waals surface area contributed by atoms with Gasteiger partial charge in [-0.1, -0.05) is 135 Å². The second kappa shape index (κ2) is 10.9. The van der Waals surface area contributed by atoms with Crippen molar-refractivity contribution >= 4 is 39.0 Å². The van der Waals surface area contributed by atoms with Crippen LogP contribution >= 0.6 is 0 Å². The molecule has 0 saturated carbocycles. The van der Waals surface area contributed by atoms with Crippen LogP contribution in [0.3, 0.4) is 0 Å². The van der Waals surface area contributed by atoms with Gasteiger partial charge in [0.05, 0.1) is 16.5 Å². The molecule has 0 unspecified atom stereocenters. The summed E-state index contributed by atoms with van der Waals surface area (Å²) in [6, 6.07) is 63.9. The van der Waals surface area contributed by atoms with Crippen LogP contribution in [-0.2, 0) is 10.8 Å². The van der Waals surface area contributed by atoms with Gasteiger partial charge in [-0.25, -0.2) is 0 Å². The van der Waals surface area contributed by atoms with Crippen LogP contribution in [0.25, 0.3) is 44.2 Å². The first-order valence-electron chi connectivity index (χ1n) is 19.1. The predicted molar refractivity (Wildman–Crippen MR) is 223 cm³/mol. The number of benzene rings is 8. The van der Waals surface area contributed by atoms with E-state index in [0.29, 0.717) is 0 Å². The average molecular weight is 706 g/mol. The minimum atomic E-state index is -0.575. The Morgan fingerprint density at radius 1 is 0.418 bits per heavy atom. The zero-order chi connectivity index (χ0) is 36.5. The number of hydrogen-bond acceptors (Lipinski definition) is 3. The van der Waals surface area contributed by atoms with Crippen LogP contribution in [0, 0.1) is 0 Å². The van der Waals surface area contributed by atoms with Crippen LogP contribution in [0.1, 0.15) is 47.2 Å². The van der Waals surface area contributed by atoms with Crippen LogP contribution < -0.4 is 9.64 Å². The van der Waals surface area contributed by atoms with E-state index in [0.717, 1.165) is 61.6 Å². The van der Waals surface area contributed by atoms with E-state index in [1.54, 1.807) is 0 Å². The zero-order valence-electron chi connectivity index (χ0n) is 30.5. The van der Waals surface area contributed by atoms with Crippen molar-refractivity contribution in [1.29, 1.82) is 0 Å². The van der Waals surface area contributed by atoms with Gasteiger partial charge in [0.2, 0.25) is 0 Å². The monoisotopic (exact) mass is 705 g/mol. The molecule has 2 aliphatic carbocycles. The van der Waals surface area contributed by atoms with Gasteiger partial charge in [0.1, 0.15) is 22.7 Å². The fraction of sp³-hybridized carbons (Fsp3) is 0.0769. The molecule has 260 valence electrons. The van der Waals surface area contributed by atoms with Gasteiger partial charge in [-0.05, 0) is 99.1 Å². The number of para-hydroxylation sites is 2. The lowest BCUT2D eigenvalue weighted by Gasteiger charge is -2.40. The number of nitrogens with zero attached hydrogens (tertiary/aromatic N) is 1. The van der Waals surface area contributed by atoms with Crippen LogP contribution in [0.4, 0.5) is 17.1 Å². The van der Waals surface area contributed by atoms with E-state index in [9.17, 15) is 0 Å². The maximum absolute atomic E-state index is 6.84. The maximum Gasteiger partial charge on any atom is 0.137 e. The van der Waals surface area contributed by atoms with Crippen molar-refractivity contribution in [3.63, 3.8) is 0 Å². The van der Waals surface area contributed by atoms with E-state index in [4.69, 9.17) is 9.15 Å². The minimum Gasteiger partial charge on any atom is -0.457 e. The number of fused-ring (bicyclic) bond motifs is 15. The van der Waals surface area contributed by atoms with Crippen molar-refractivity contribution in [3.05, 3.63) is 209 Å². The Morgan fingerprint density at radius 2 is 0.982 bits per heavy atom. The summed E-state index contributed by atoms with van der Waals surface area (Å²) >= 11 is 0. The van der Waals surface area contributed by atoms with Crippen molar-refractivity contribution in [3.8, 4) is 33.8 Å². The SMILES string of the molecule is CC1(C)c2ccccc2-c2cc(N(c3ccc4c(c3)C3(c5ccccc5O4)c4ccccc4-c4ccccc43)c3cccc4oc5ccccc5c34)ccc21. The molecule has 0 atom stereocenters. The van der Waals surface area contributed by atoms with Gasteiger partial charge in [-0.3, -0.25) is 0 Å². The molecule has 1 aliphatic heterocycles. The zero-order valence-corrected chi connectivity index (χ0v) is 30.5. The Morgan fingerprint density at radius 3 is 1.76 bits per heavy atom. The third-order valence-corrected chi connectivity index (χ3v) is 12.5. The lowest BCUT2D eigenvalue weighted by Crippen LogP contribution is -2.32. The Kier molecular flexibility index (Phi) is 6.05. The molecule has 0 N–H and O–H groups in total. The van der Waals surface area contributed by atoms with Gasteiger partial charge in [0.25, 0.3) is 0 Å². The van der Waals surface area contributed by atoms with Gasteiger partial charge in [0, 0.05) is 33.3 Å². The molecule has 1 aromatic heterocycles. The quantitative estimate of drug-likeness (QED) is 0.183. The lowest BCUT2D eigenvalue weighted by atomic mass is 9.66. The summed E-state index contributed by atoms with van der Waals surface area (Å²) in [4.78, 5) is 2.43. The number of ether oxygens (including phenoxy) is 1. The van der Waals surface area contributed by atoms with E-state index in [1.165, 1.54) is 44.5 Å². The molecule has 0 fully saturated rings. The normalized spacial score (nSPS) is 14.8. The molecule has 3 aliphatic rings. The van der Waals surface area contributed by atoms with Gasteiger partial charge >= 0.3 is 0 Å². The maximum atomic E-state index is 6.84. The molecular weight excluding hydrogens is 671 g/mol. The Bertz CT molecular complexity index is 3030. The fourth-order valence-electron chi connectivity index (χ4n) is 10.2. The Labute approximate surface area is 319 Å². The summed E-state index contributed by atoms with van der Waals surface area (Å²) in [5.74, 6) is 1.76. The van der Waals surface area contributed by atoms with E-state index < -0.39 is 5.41 Å². The standard InChI is InChI=1S/C52H35NO2/c1-51(2)39-18-7-3-16-36(39)38-30-32(26-28-40(38)51)53(45-22-13-25-49-50(45)37-17-6-11-23-46(37)54-49)33-27-29-48-44(31-33)52(43-21-10-12-24-47(43)55-48)41-19-8-4-14-34(41)35-15-5-9-20-42(35)52/h3-31H,1-2H3. The molecule has 0 saturated heterocycles. The van der Waals surface area contributed by atoms with Crippen LogP contribution in [0.2, 0.25) is 0 Å². The molecule has 3 nitrogen and oxygen atoms in total. The molecule has 3 heteroatoms.